The molecule has 2 heterocycles. The van der Waals surface area contributed by atoms with Crippen molar-refractivity contribution in [3.8, 4) is 6.07 Å². The number of nitrogens with zero attached hydrogens (tertiary/aromatic N) is 4. The average molecular weight is 172 g/mol. The average Bonchev–Trinajstić information content (AvgIpc) is 2.60. The summed E-state index contributed by atoms with van der Waals surface area (Å²) in [4.78, 5) is 18.3. The Kier molecular flexibility index (Phi) is 1.53. The predicted octanol–water partition coefficient (Wildman–Crippen LogP) is 0.413. The third kappa shape index (κ3) is 0.964. The summed E-state index contributed by atoms with van der Waals surface area (Å²) in [5, 5.41) is 8.73. The van der Waals surface area contributed by atoms with Crippen molar-refractivity contribution in [1.82, 2.24) is 14.4 Å². The number of hydrogen-bond donors (Lipinski definition) is 0. The zero-order valence-electron chi connectivity index (χ0n) is 6.51. The van der Waals surface area contributed by atoms with Crippen LogP contribution in [-0.2, 0) is 0 Å². The van der Waals surface area contributed by atoms with E-state index in [2.05, 4.69) is 9.97 Å². The van der Waals surface area contributed by atoms with Gasteiger partial charge in [-0.05, 0) is 6.07 Å². The molecular formula is C8H4N4O. The van der Waals surface area contributed by atoms with E-state index in [1.54, 1.807) is 0 Å². The Morgan fingerprint density at radius 3 is 3.08 bits per heavy atom. The van der Waals surface area contributed by atoms with E-state index in [0.29, 0.717) is 23.5 Å². The van der Waals surface area contributed by atoms with Gasteiger partial charge in [0.25, 0.3) is 0 Å². The Hall–Kier alpha value is -2.22. The van der Waals surface area contributed by atoms with Crippen LogP contribution in [0.5, 0.6) is 0 Å². The van der Waals surface area contributed by atoms with E-state index in [0.717, 1.165) is 0 Å². The Morgan fingerprint density at radius 2 is 2.38 bits per heavy atom. The van der Waals surface area contributed by atoms with E-state index >= 15 is 0 Å². The summed E-state index contributed by atoms with van der Waals surface area (Å²) >= 11 is 0. The highest BCUT2D eigenvalue weighted by Crippen LogP contribution is 2.05. The fourth-order valence-corrected chi connectivity index (χ4v) is 1.11. The molecule has 0 amide bonds. The molecule has 0 bridgehead atoms. The van der Waals surface area contributed by atoms with Gasteiger partial charge in [-0.3, -0.25) is 9.20 Å². The lowest BCUT2D eigenvalue weighted by molar-refractivity contribution is 0.111. The molecule has 0 aromatic carbocycles. The molecule has 13 heavy (non-hydrogen) atoms. The number of imidazole rings is 1. The van der Waals surface area contributed by atoms with E-state index < -0.39 is 0 Å². The van der Waals surface area contributed by atoms with Crippen LogP contribution in [0.15, 0.2) is 18.5 Å². The normalized spacial score (nSPS) is 9.77. The first-order chi connectivity index (χ1) is 6.36. The Balaban J connectivity index is 2.93. The van der Waals surface area contributed by atoms with Crippen LogP contribution in [0.3, 0.4) is 0 Å². The third-order valence-electron chi connectivity index (χ3n) is 1.67. The van der Waals surface area contributed by atoms with Gasteiger partial charge in [0, 0.05) is 6.20 Å². The lowest BCUT2D eigenvalue weighted by Crippen LogP contribution is -1.97. The maximum Gasteiger partial charge on any atom is 0.235 e. The molecule has 0 unspecified atom stereocenters. The fraction of sp³-hybridized carbons (Fsp3) is 0. The molecule has 62 valence electrons. The van der Waals surface area contributed by atoms with Crippen LogP contribution in [0, 0.1) is 11.3 Å². The molecule has 0 atom stereocenters. The minimum absolute atomic E-state index is 0.333. The molecule has 0 saturated carbocycles. The number of carbonyl (C=O) groups excluding carboxylic acids is 1. The van der Waals surface area contributed by atoms with Crippen molar-refractivity contribution in [1.29, 1.82) is 5.26 Å². The van der Waals surface area contributed by atoms with Crippen LogP contribution < -0.4 is 0 Å². The van der Waals surface area contributed by atoms with Crippen molar-refractivity contribution in [2.45, 2.75) is 0 Å². The minimum Gasteiger partial charge on any atom is -0.296 e. The summed E-state index contributed by atoms with van der Waals surface area (Å²) in [7, 11) is 0. The van der Waals surface area contributed by atoms with Crippen LogP contribution in [0.1, 0.15) is 16.2 Å². The number of hydrogen-bond acceptors (Lipinski definition) is 4. The molecule has 0 N–H and O–H groups in total. The molecule has 2 rings (SSSR count). The zero-order chi connectivity index (χ0) is 9.26. The van der Waals surface area contributed by atoms with Gasteiger partial charge < -0.3 is 0 Å². The first-order valence-corrected chi connectivity index (χ1v) is 3.54. The van der Waals surface area contributed by atoms with Crippen LogP contribution in [0.25, 0.3) is 5.78 Å². The van der Waals surface area contributed by atoms with Gasteiger partial charge in [0.05, 0.1) is 6.20 Å². The molecule has 0 saturated heterocycles. The highest BCUT2D eigenvalue weighted by Gasteiger charge is 2.06. The smallest absolute Gasteiger partial charge is 0.235 e. The Bertz CT molecular complexity index is 508. The van der Waals surface area contributed by atoms with Gasteiger partial charge in [0.2, 0.25) is 5.78 Å². The van der Waals surface area contributed by atoms with Crippen molar-refractivity contribution >= 4 is 12.1 Å². The number of rotatable bonds is 1. The first-order valence-electron chi connectivity index (χ1n) is 3.54. The maximum atomic E-state index is 10.6. The largest absolute Gasteiger partial charge is 0.296 e. The van der Waals surface area contributed by atoms with Gasteiger partial charge in [-0.2, -0.15) is 5.26 Å². The second-order valence-corrected chi connectivity index (χ2v) is 2.38. The molecule has 0 radical (unpaired) electrons. The summed E-state index contributed by atoms with van der Waals surface area (Å²) in [5.74, 6) is 0.362. The van der Waals surface area contributed by atoms with Crippen LogP contribution in [0.2, 0.25) is 0 Å². The number of fused-ring (bicyclic) bond motifs is 1. The summed E-state index contributed by atoms with van der Waals surface area (Å²) in [6, 6.07) is 3.48. The molecule has 2 aromatic rings. The minimum atomic E-state index is 0.333. The van der Waals surface area contributed by atoms with Gasteiger partial charge in [0.15, 0.2) is 6.29 Å². The highest BCUT2D eigenvalue weighted by molar-refractivity contribution is 5.73. The fourth-order valence-electron chi connectivity index (χ4n) is 1.11. The molecule has 0 aliphatic rings. The SMILES string of the molecule is N#Cc1ccnc2ncc(C=O)n12. The van der Waals surface area contributed by atoms with Crippen molar-refractivity contribution in [3.63, 3.8) is 0 Å². The quantitative estimate of drug-likeness (QED) is 0.584. The van der Waals surface area contributed by atoms with E-state index in [9.17, 15) is 4.79 Å². The van der Waals surface area contributed by atoms with Crippen LogP contribution in [-0.4, -0.2) is 20.7 Å². The van der Waals surface area contributed by atoms with Crippen molar-refractivity contribution in [2.24, 2.45) is 0 Å². The highest BCUT2D eigenvalue weighted by atomic mass is 16.1. The first kappa shape index (κ1) is 7.43. The summed E-state index contributed by atoms with van der Waals surface area (Å²) in [6.07, 6.45) is 3.51. The van der Waals surface area contributed by atoms with Gasteiger partial charge in [0.1, 0.15) is 17.5 Å². The zero-order valence-corrected chi connectivity index (χ0v) is 6.51. The van der Waals surface area contributed by atoms with Gasteiger partial charge in [-0.25, -0.2) is 9.97 Å². The second-order valence-electron chi connectivity index (χ2n) is 2.38. The summed E-state index contributed by atoms with van der Waals surface area (Å²) < 4.78 is 1.41. The lowest BCUT2D eigenvalue weighted by atomic mass is 10.4. The van der Waals surface area contributed by atoms with E-state index in [-0.39, 0.29) is 0 Å². The second kappa shape index (κ2) is 2.68. The predicted molar refractivity (Wildman–Crippen MR) is 43.1 cm³/mol. The molecule has 5 nitrogen and oxygen atoms in total. The number of aldehydes is 1. The molecule has 0 fully saturated rings. The van der Waals surface area contributed by atoms with E-state index in [1.807, 2.05) is 6.07 Å². The molecule has 5 heteroatoms. The topological polar surface area (TPSA) is 71.0 Å². The van der Waals surface area contributed by atoms with Crippen LogP contribution in [0.4, 0.5) is 0 Å². The van der Waals surface area contributed by atoms with E-state index in [4.69, 9.17) is 5.26 Å². The monoisotopic (exact) mass is 172 g/mol. The van der Waals surface area contributed by atoms with Gasteiger partial charge >= 0.3 is 0 Å². The van der Waals surface area contributed by atoms with Crippen molar-refractivity contribution in [3.05, 3.63) is 29.8 Å². The van der Waals surface area contributed by atoms with Crippen LogP contribution >= 0.6 is 0 Å². The molecular weight excluding hydrogens is 168 g/mol. The van der Waals surface area contributed by atoms with Crippen molar-refractivity contribution in [2.75, 3.05) is 0 Å². The molecule has 2 aromatic heterocycles. The molecule has 0 spiro atoms. The van der Waals surface area contributed by atoms with Gasteiger partial charge in [-0.1, -0.05) is 0 Å². The molecule has 0 aliphatic carbocycles. The number of aromatic nitrogens is 3. The Labute approximate surface area is 73.3 Å². The number of carbonyl (C=O) groups is 1. The van der Waals surface area contributed by atoms with Crippen molar-refractivity contribution < 1.29 is 4.79 Å². The summed E-state index contributed by atoms with van der Waals surface area (Å²) in [5.41, 5.74) is 0.684. The standard InChI is InChI=1S/C8H4N4O/c9-3-6-1-2-10-8-11-4-7(5-13)12(6)8/h1-2,4-5H. The number of nitriles is 1. The lowest BCUT2D eigenvalue weighted by Gasteiger charge is -1.95. The maximum absolute atomic E-state index is 10.6. The summed E-state index contributed by atoms with van der Waals surface area (Å²) in [6.45, 7) is 0. The molecule has 0 aliphatic heterocycles. The van der Waals surface area contributed by atoms with Gasteiger partial charge in [-0.15, -0.1) is 0 Å². The Morgan fingerprint density at radius 1 is 1.54 bits per heavy atom. The third-order valence-corrected chi connectivity index (χ3v) is 1.67. The van der Waals surface area contributed by atoms with E-state index in [1.165, 1.54) is 22.9 Å².